The van der Waals surface area contributed by atoms with Crippen LogP contribution in [0.15, 0.2) is 47.8 Å². The summed E-state index contributed by atoms with van der Waals surface area (Å²) in [7, 11) is 4.04. The summed E-state index contributed by atoms with van der Waals surface area (Å²) in [4.78, 5) is 13.2. The van der Waals surface area contributed by atoms with Gasteiger partial charge < -0.3 is 9.13 Å². The molecule has 2 heterocycles. The molecule has 0 spiro atoms. The maximum absolute atomic E-state index is 13.2. The van der Waals surface area contributed by atoms with E-state index in [4.69, 9.17) is 0 Å². The molecule has 1 aliphatic rings. The van der Waals surface area contributed by atoms with Crippen molar-refractivity contribution in [3.63, 3.8) is 0 Å². The molecule has 0 radical (unpaired) electrons. The molecule has 3 heteroatoms. The highest BCUT2D eigenvalue weighted by atomic mass is 16.1. The number of aromatic nitrogens is 2. The van der Waals surface area contributed by atoms with Gasteiger partial charge in [0, 0.05) is 49.0 Å². The van der Waals surface area contributed by atoms with Gasteiger partial charge in [-0.15, -0.1) is 0 Å². The van der Waals surface area contributed by atoms with Crippen molar-refractivity contribution < 1.29 is 4.79 Å². The minimum absolute atomic E-state index is 0.204. The quantitative estimate of drug-likeness (QED) is 0.692. The van der Waals surface area contributed by atoms with Gasteiger partial charge in [0.25, 0.3) is 0 Å². The number of allylic oxidation sites excluding steroid dienone is 2. The third kappa shape index (κ3) is 3.62. The number of nitrogens with zero attached hydrogens (tertiary/aromatic N) is 2. The molecule has 0 amide bonds. The van der Waals surface area contributed by atoms with E-state index in [-0.39, 0.29) is 11.2 Å². The summed E-state index contributed by atoms with van der Waals surface area (Å²) in [5, 5.41) is 0. The Kier molecular flexibility index (Phi) is 5.08. The lowest BCUT2D eigenvalue weighted by molar-refractivity contribution is -0.113. The molecule has 138 valence electrons. The van der Waals surface area contributed by atoms with Crippen LogP contribution in [0.5, 0.6) is 0 Å². The van der Waals surface area contributed by atoms with E-state index in [0.717, 1.165) is 41.8 Å². The molecular weight excluding hydrogens is 320 g/mol. The Hall–Kier alpha value is -2.29. The van der Waals surface area contributed by atoms with Crippen LogP contribution in [0.4, 0.5) is 0 Å². The lowest BCUT2D eigenvalue weighted by atomic mass is 9.66. The Morgan fingerprint density at radius 3 is 1.81 bits per heavy atom. The minimum Gasteiger partial charge on any atom is -0.351 e. The van der Waals surface area contributed by atoms with Gasteiger partial charge in [-0.2, -0.15) is 0 Å². The van der Waals surface area contributed by atoms with E-state index in [2.05, 4.69) is 54.2 Å². The molecule has 0 N–H and O–H groups in total. The summed E-state index contributed by atoms with van der Waals surface area (Å²) in [5.41, 5.74) is 4.25. The average molecular weight is 351 g/mol. The highest BCUT2D eigenvalue weighted by molar-refractivity contribution is 6.14. The second-order valence-electron chi connectivity index (χ2n) is 8.20. The van der Waals surface area contributed by atoms with Gasteiger partial charge in [0.1, 0.15) is 0 Å². The van der Waals surface area contributed by atoms with E-state index in [1.54, 1.807) is 0 Å². The molecule has 3 nitrogen and oxygen atoms in total. The van der Waals surface area contributed by atoms with Crippen molar-refractivity contribution >= 4 is 17.9 Å². The molecule has 0 aliphatic heterocycles. The molecule has 3 rings (SSSR count). The summed E-state index contributed by atoms with van der Waals surface area (Å²) in [6.07, 6.45) is 11.0. The predicted molar refractivity (Wildman–Crippen MR) is 109 cm³/mol. The SMILES string of the molecule is CCC(C)(C)C1C/C(=C\c2cccn2C)C(=O)/C(=C/c2cccn2C)C1. The van der Waals surface area contributed by atoms with E-state index >= 15 is 0 Å². The van der Waals surface area contributed by atoms with Crippen LogP contribution < -0.4 is 0 Å². The van der Waals surface area contributed by atoms with Gasteiger partial charge in [-0.1, -0.05) is 27.2 Å². The molecule has 0 bridgehead atoms. The molecule has 0 atom stereocenters. The van der Waals surface area contributed by atoms with Crippen LogP contribution in [0.2, 0.25) is 0 Å². The smallest absolute Gasteiger partial charge is 0.185 e. The lowest BCUT2D eigenvalue weighted by Gasteiger charge is -2.37. The van der Waals surface area contributed by atoms with E-state index in [9.17, 15) is 4.79 Å². The predicted octanol–water partition coefficient (Wildman–Crippen LogP) is 5.25. The highest BCUT2D eigenvalue weighted by Gasteiger charge is 2.36. The van der Waals surface area contributed by atoms with Crippen LogP contribution in [0, 0.1) is 11.3 Å². The monoisotopic (exact) mass is 350 g/mol. The lowest BCUT2D eigenvalue weighted by Crippen LogP contribution is -2.30. The molecule has 0 unspecified atom stereocenters. The molecule has 1 saturated carbocycles. The minimum atomic E-state index is 0.204. The van der Waals surface area contributed by atoms with Crippen LogP contribution in [0.25, 0.3) is 12.2 Å². The molecular formula is C23H30N2O. The van der Waals surface area contributed by atoms with Crippen molar-refractivity contribution in [1.29, 1.82) is 0 Å². The van der Waals surface area contributed by atoms with Crippen molar-refractivity contribution in [2.45, 2.75) is 40.0 Å². The van der Waals surface area contributed by atoms with Gasteiger partial charge >= 0.3 is 0 Å². The van der Waals surface area contributed by atoms with E-state index in [0.29, 0.717) is 5.92 Å². The number of rotatable bonds is 4. The maximum atomic E-state index is 13.2. The zero-order valence-corrected chi connectivity index (χ0v) is 16.6. The standard InChI is InChI=1S/C23H30N2O/c1-6-23(2,3)19-13-17(15-20-9-7-11-24(20)4)22(26)18(14-19)16-21-10-8-12-25(21)5/h7-12,15-16,19H,6,13-14H2,1-5H3/b17-15+,18-16+. The number of hydrogen-bond acceptors (Lipinski definition) is 1. The van der Waals surface area contributed by atoms with E-state index < -0.39 is 0 Å². The van der Waals surface area contributed by atoms with Gasteiger partial charge in [-0.3, -0.25) is 4.79 Å². The largest absolute Gasteiger partial charge is 0.351 e. The van der Waals surface area contributed by atoms with E-state index in [1.807, 2.05) is 38.6 Å². The number of carbonyl (C=O) groups is 1. The first-order chi connectivity index (χ1) is 12.3. The van der Waals surface area contributed by atoms with Crippen molar-refractivity contribution in [2.75, 3.05) is 0 Å². The second-order valence-corrected chi connectivity index (χ2v) is 8.20. The number of ketones is 1. The van der Waals surface area contributed by atoms with Crippen molar-refractivity contribution in [1.82, 2.24) is 9.13 Å². The van der Waals surface area contributed by atoms with Gasteiger partial charge in [0.15, 0.2) is 5.78 Å². The Labute approximate surface area is 157 Å². The first kappa shape index (κ1) is 18.5. The molecule has 1 fully saturated rings. The Morgan fingerprint density at radius 2 is 1.46 bits per heavy atom. The zero-order valence-electron chi connectivity index (χ0n) is 16.6. The van der Waals surface area contributed by atoms with Gasteiger partial charge in [-0.25, -0.2) is 0 Å². The average Bonchev–Trinajstić information content (AvgIpc) is 3.19. The van der Waals surface area contributed by atoms with Crippen LogP contribution in [0.1, 0.15) is 51.4 Å². The van der Waals surface area contributed by atoms with Crippen LogP contribution in [0.3, 0.4) is 0 Å². The van der Waals surface area contributed by atoms with Crippen LogP contribution in [-0.4, -0.2) is 14.9 Å². The van der Waals surface area contributed by atoms with Gasteiger partial charge in [0.2, 0.25) is 0 Å². The Morgan fingerprint density at radius 1 is 1.00 bits per heavy atom. The number of Topliss-reactive ketones (excluding diaryl/α,β-unsaturated/α-hetero) is 1. The number of hydrogen-bond donors (Lipinski definition) is 0. The third-order valence-electron chi connectivity index (χ3n) is 6.14. The normalized spacial score (nSPS) is 21.7. The molecule has 2 aromatic rings. The summed E-state index contributed by atoms with van der Waals surface area (Å²) in [6.45, 7) is 6.90. The van der Waals surface area contributed by atoms with Gasteiger partial charge in [0.05, 0.1) is 0 Å². The Balaban J connectivity index is 2.03. The third-order valence-corrected chi connectivity index (χ3v) is 6.14. The first-order valence-corrected chi connectivity index (χ1v) is 9.50. The maximum Gasteiger partial charge on any atom is 0.185 e. The highest BCUT2D eigenvalue weighted by Crippen LogP contribution is 2.43. The zero-order chi connectivity index (χ0) is 18.9. The van der Waals surface area contributed by atoms with Crippen LogP contribution >= 0.6 is 0 Å². The number of carbonyl (C=O) groups excluding carboxylic acids is 1. The summed E-state index contributed by atoms with van der Waals surface area (Å²) in [5.74, 6) is 0.679. The first-order valence-electron chi connectivity index (χ1n) is 9.50. The van der Waals surface area contributed by atoms with Crippen molar-refractivity contribution in [2.24, 2.45) is 25.4 Å². The fourth-order valence-electron chi connectivity index (χ4n) is 3.69. The summed E-state index contributed by atoms with van der Waals surface area (Å²) >= 11 is 0. The second kappa shape index (κ2) is 7.14. The fourth-order valence-corrected chi connectivity index (χ4v) is 3.69. The van der Waals surface area contributed by atoms with Crippen LogP contribution in [-0.2, 0) is 18.9 Å². The molecule has 0 aromatic carbocycles. The summed E-state index contributed by atoms with van der Waals surface area (Å²) < 4.78 is 4.13. The molecule has 2 aromatic heterocycles. The molecule has 1 aliphatic carbocycles. The molecule has 26 heavy (non-hydrogen) atoms. The van der Waals surface area contributed by atoms with Crippen molar-refractivity contribution in [3.05, 3.63) is 59.2 Å². The summed E-state index contributed by atoms with van der Waals surface area (Å²) in [6, 6.07) is 8.17. The van der Waals surface area contributed by atoms with E-state index in [1.165, 1.54) is 0 Å². The van der Waals surface area contributed by atoms with Gasteiger partial charge in [-0.05, 0) is 60.6 Å². The fraction of sp³-hybridized carbons (Fsp3) is 0.435. The number of aryl methyl sites for hydroxylation is 2. The Bertz CT molecular complexity index is 798. The topological polar surface area (TPSA) is 26.9 Å². The molecule has 0 saturated heterocycles. The van der Waals surface area contributed by atoms with Crippen molar-refractivity contribution in [3.8, 4) is 0 Å².